The number of pyridine rings is 1. The Morgan fingerprint density at radius 1 is 1.24 bits per heavy atom. The van der Waals surface area contributed by atoms with Crippen LogP contribution >= 0.6 is 0 Å². The van der Waals surface area contributed by atoms with Crippen LogP contribution < -0.4 is 10.1 Å². The first-order valence-corrected chi connectivity index (χ1v) is 8.02. The van der Waals surface area contributed by atoms with Gasteiger partial charge in [-0.1, -0.05) is 6.92 Å². The second-order valence-electron chi connectivity index (χ2n) is 6.07. The van der Waals surface area contributed by atoms with E-state index in [2.05, 4.69) is 23.3 Å². The molecule has 1 aromatic heterocycles. The molecular formula is C17H28N2O2. The summed E-state index contributed by atoms with van der Waals surface area (Å²) < 4.78 is 11.3. The highest BCUT2D eigenvalue weighted by molar-refractivity contribution is 5.29. The molecule has 1 aromatic rings. The minimum atomic E-state index is 0.350. The van der Waals surface area contributed by atoms with Gasteiger partial charge in [0, 0.05) is 25.9 Å². The average Bonchev–Trinajstić information content (AvgIpc) is 2.48. The number of methoxy groups -OCH3 is 1. The zero-order chi connectivity index (χ0) is 15.1. The van der Waals surface area contributed by atoms with Crippen LogP contribution in [-0.4, -0.2) is 31.3 Å². The molecule has 1 saturated carbocycles. The smallest absolute Gasteiger partial charge is 0.142 e. The lowest BCUT2D eigenvalue weighted by atomic mass is 9.89. The molecule has 1 heterocycles. The summed E-state index contributed by atoms with van der Waals surface area (Å²) in [4.78, 5) is 4.62. The van der Waals surface area contributed by atoms with Gasteiger partial charge in [0.05, 0.1) is 18.4 Å². The van der Waals surface area contributed by atoms with E-state index < -0.39 is 0 Å². The SMILES string of the molecule is COCCNCc1nc(C)ccc1OC1CCC(C)CC1. The Morgan fingerprint density at radius 3 is 2.71 bits per heavy atom. The number of rotatable bonds is 7. The fourth-order valence-electron chi connectivity index (χ4n) is 2.74. The minimum Gasteiger partial charge on any atom is -0.488 e. The maximum absolute atomic E-state index is 6.21. The maximum Gasteiger partial charge on any atom is 0.142 e. The largest absolute Gasteiger partial charge is 0.488 e. The number of aromatic nitrogens is 1. The average molecular weight is 292 g/mol. The molecule has 0 spiro atoms. The number of hydrogen-bond acceptors (Lipinski definition) is 4. The Morgan fingerprint density at radius 2 is 2.00 bits per heavy atom. The van der Waals surface area contributed by atoms with Gasteiger partial charge in [-0.25, -0.2) is 0 Å². The Kier molecular flexibility index (Phi) is 6.46. The highest BCUT2D eigenvalue weighted by atomic mass is 16.5. The first-order chi connectivity index (χ1) is 10.2. The first-order valence-electron chi connectivity index (χ1n) is 8.02. The molecule has 1 aliphatic rings. The van der Waals surface area contributed by atoms with Gasteiger partial charge in [0.15, 0.2) is 0 Å². The standard InChI is InChI=1S/C17H28N2O2/c1-13-4-7-15(8-5-13)21-17-9-6-14(2)19-16(17)12-18-10-11-20-3/h6,9,13,15,18H,4-5,7-8,10-12H2,1-3H3. The zero-order valence-electron chi connectivity index (χ0n) is 13.5. The van der Waals surface area contributed by atoms with Gasteiger partial charge in [-0.2, -0.15) is 0 Å². The molecule has 0 saturated heterocycles. The van der Waals surface area contributed by atoms with Crippen molar-refractivity contribution >= 4 is 0 Å². The molecule has 0 aliphatic heterocycles. The molecule has 2 rings (SSSR count). The zero-order valence-corrected chi connectivity index (χ0v) is 13.5. The van der Waals surface area contributed by atoms with Crippen molar-refractivity contribution in [3.8, 4) is 5.75 Å². The molecule has 0 unspecified atom stereocenters. The summed E-state index contributed by atoms with van der Waals surface area (Å²) in [6, 6.07) is 4.09. The number of nitrogens with one attached hydrogen (secondary N) is 1. The van der Waals surface area contributed by atoms with Crippen LogP contribution in [0.15, 0.2) is 12.1 Å². The van der Waals surface area contributed by atoms with E-state index in [1.165, 1.54) is 12.8 Å². The molecule has 21 heavy (non-hydrogen) atoms. The molecular weight excluding hydrogens is 264 g/mol. The number of aryl methyl sites for hydroxylation is 1. The third kappa shape index (κ3) is 5.29. The van der Waals surface area contributed by atoms with Crippen molar-refractivity contribution < 1.29 is 9.47 Å². The molecule has 1 N–H and O–H groups in total. The normalized spacial score (nSPS) is 22.2. The van der Waals surface area contributed by atoms with Gasteiger partial charge in [0.1, 0.15) is 5.75 Å². The second kappa shape index (κ2) is 8.35. The summed E-state index contributed by atoms with van der Waals surface area (Å²) in [6.45, 7) is 6.61. The summed E-state index contributed by atoms with van der Waals surface area (Å²) in [5, 5.41) is 3.35. The lowest BCUT2D eigenvalue weighted by molar-refractivity contribution is 0.133. The Balaban J connectivity index is 1.94. The predicted molar refractivity (Wildman–Crippen MR) is 84.6 cm³/mol. The number of nitrogens with zero attached hydrogens (tertiary/aromatic N) is 1. The van der Waals surface area contributed by atoms with Crippen molar-refractivity contribution in [1.29, 1.82) is 0 Å². The van der Waals surface area contributed by atoms with E-state index in [-0.39, 0.29) is 0 Å². The number of ether oxygens (including phenoxy) is 2. The van der Waals surface area contributed by atoms with Crippen molar-refractivity contribution in [2.24, 2.45) is 5.92 Å². The lowest BCUT2D eigenvalue weighted by Crippen LogP contribution is -2.25. The quantitative estimate of drug-likeness (QED) is 0.784. The van der Waals surface area contributed by atoms with Gasteiger partial charge in [-0.3, -0.25) is 4.98 Å². The summed E-state index contributed by atoms with van der Waals surface area (Å²) in [7, 11) is 1.71. The third-order valence-electron chi connectivity index (χ3n) is 4.10. The molecule has 0 bridgehead atoms. The van der Waals surface area contributed by atoms with Crippen molar-refractivity contribution in [2.75, 3.05) is 20.3 Å². The molecule has 0 radical (unpaired) electrons. The Bertz CT molecular complexity index is 429. The molecule has 0 amide bonds. The molecule has 1 fully saturated rings. The van der Waals surface area contributed by atoms with Crippen LogP contribution in [0.4, 0.5) is 0 Å². The van der Waals surface area contributed by atoms with E-state index >= 15 is 0 Å². The van der Waals surface area contributed by atoms with Crippen LogP contribution in [0.3, 0.4) is 0 Å². The highest BCUT2D eigenvalue weighted by Gasteiger charge is 2.20. The Hall–Kier alpha value is -1.13. The lowest BCUT2D eigenvalue weighted by Gasteiger charge is -2.27. The summed E-state index contributed by atoms with van der Waals surface area (Å²) in [5.74, 6) is 1.78. The van der Waals surface area contributed by atoms with Gasteiger partial charge in [-0.15, -0.1) is 0 Å². The monoisotopic (exact) mass is 292 g/mol. The van der Waals surface area contributed by atoms with Gasteiger partial charge < -0.3 is 14.8 Å². The topological polar surface area (TPSA) is 43.4 Å². The first kappa shape index (κ1) is 16.2. The van der Waals surface area contributed by atoms with Crippen LogP contribution in [0.5, 0.6) is 5.75 Å². The molecule has 1 aliphatic carbocycles. The summed E-state index contributed by atoms with van der Waals surface area (Å²) >= 11 is 0. The highest BCUT2D eigenvalue weighted by Crippen LogP contribution is 2.28. The fraction of sp³-hybridized carbons (Fsp3) is 0.706. The van der Waals surface area contributed by atoms with Gasteiger partial charge in [0.2, 0.25) is 0 Å². The van der Waals surface area contributed by atoms with E-state index in [4.69, 9.17) is 9.47 Å². The van der Waals surface area contributed by atoms with Crippen LogP contribution in [0.25, 0.3) is 0 Å². The van der Waals surface area contributed by atoms with Crippen molar-refractivity contribution in [2.45, 2.75) is 52.2 Å². The van der Waals surface area contributed by atoms with E-state index in [1.54, 1.807) is 7.11 Å². The van der Waals surface area contributed by atoms with Crippen LogP contribution in [0.1, 0.15) is 44.0 Å². The third-order valence-corrected chi connectivity index (χ3v) is 4.10. The van der Waals surface area contributed by atoms with Gasteiger partial charge >= 0.3 is 0 Å². The summed E-state index contributed by atoms with van der Waals surface area (Å²) in [6.07, 6.45) is 5.21. The predicted octanol–water partition coefficient (Wildman–Crippen LogP) is 3.08. The van der Waals surface area contributed by atoms with Crippen molar-refractivity contribution in [3.05, 3.63) is 23.5 Å². The van der Waals surface area contributed by atoms with E-state index in [0.717, 1.165) is 49.0 Å². The van der Waals surface area contributed by atoms with Gasteiger partial charge in [0.25, 0.3) is 0 Å². The summed E-state index contributed by atoms with van der Waals surface area (Å²) in [5.41, 5.74) is 2.04. The molecule has 118 valence electrons. The fourth-order valence-corrected chi connectivity index (χ4v) is 2.74. The van der Waals surface area contributed by atoms with Gasteiger partial charge in [-0.05, 0) is 50.7 Å². The number of hydrogen-bond donors (Lipinski definition) is 1. The van der Waals surface area contributed by atoms with E-state index in [1.807, 2.05) is 13.0 Å². The van der Waals surface area contributed by atoms with Crippen molar-refractivity contribution in [3.63, 3.8) is 0 Å². The van der Waals surface area contributed by atoms with Crippen molar-refractivity contribution in [1.82, 2.24) is 10.3 Å². The minimum absolute atomic E-state index is 0.350. The Labute approximate surface area is 128 Å². The van der Waals surface area contributed by atoms with Crippen LogP contribution in [0, 0.1) is 12.8 Å². The molecule has 4 heteroatoms. The molecule has 4 nitrogen and oxygen atoms in total. The molecule has 0 aromatic carbocycles. The van der Waals surface area contributed by atoms with E-state index in [0.29, 0.717) is 12.7 Å². The maximum atomic E-state index is 6.21. The van der Waals surface area contributed by atoms with Crippen LogP contribution in [0.2, 0.25) is 0 Å². The van der Waals surface area contributed by atoms with Crippen LogP contribution in [-0.2, 0) is 11.3 Å². The second-order valence-corrected chi connectivity index (χ2v) is 6.07. The van der Waals surface area contributed by atoms with E-state index in [9.17, 15) is 0 Å². The molecule has 0 atom stereocenters.